The van der Waals surface area contributed by atoms with Crippen molar-refractivity contribution in [2.45, 2.75) is 19.8 Å². The molecule has 2 N–H and O–H groups in total. The van der Waals surface area contributed by atoms with E-state index >= 15 is 0 Å². The first kappa shape index (κ1) is 16.9. The standard InChI is InChI=1S/C16H22N2O3/c1-3-9-18(12-16(20)21)10-5-8-15(19)17-14-7-4-6-13(2)11-14/h3-4,6-7,11H,1,5,8-10,12H2,2H3,(H,17,19)(H,20,21). The fraction of sp³-hybridized carbons (Fsp3) is 0.375. The smallest absolute Gasteiger partial charge is 0.317 e. The molecule has 21 heavy (non-hydrogen) atoms. The van der Waals surface area contributed by atoms with Crippen LogP contribution in [0.3, 0.4) is 0 Å². The number of amides is 1. The number of anilines is 1. The maximum Gasteiger partial charge on any atom is 0.317 e. The van der Waals surface area contributed by atoms with Gasteiger partial charge in [0.1, 0.15) is 0 Å². The maximum absolute atomic E-state index is 11.8. The summed E-state index contributed by atoms with van der Waals surface area (Å²) in [7, 11) is 0. The predicted octanol–water partition coefficient (Wildman–Crippen LogP) is 2.29. The second-order valence-corrected chi connectivity index (χ2v) is 4.94. The highest BCUT2D eigenvalue weighted by Gasteiger charge is 2.09. The minimum atomic E-state index is -0.874. The summed E-state index contributed by atoms with van der Waals surface area (Å²) in [6.45, 7) is 6.59. The first-order chi connectivity index (χ1) is 10.0. The molecule has 1 aromatic rings. The van der Waals surface area contributed by atoms with E-state index < -0.39 is 5.97 Å². The predicted molar refractivity (Wildman–Crippen MR) is 83.3 cm³/mol. The van der Waals surface area contributed by atoms with Gasteiger partial charge in [-0.2, -0.15) is 0 Å². The number of nitrogens with zero attached hydrogens (tertiary/aromatic N) is 1. The van der Waals surface area contributed by atoms with Gasteiger partial charge < -0.3 is 10.4 Å². The lowest BCUT2D eigenvalue weighted by molar-refractivity contribution is -0.138. The van der Waals surface area contributed by atoms with Crippen molar-refractivity contribution in [3.63, 3.8) is 0 Å². The Balaban J connectivity index is 2.34. The van der Waals surface area contributed by atoms with Gasteiger partial charge in [-0.15, -0.1) is 6.58 Å². The number of carboxylic acids is 1. The van der Waals surface area contributed by atoms with Crippen molar-refractivity contribution < 1.29 is 14.7 Å². The van der Waals surface area contributed by atoms with Gasteiger partial charge >= 0.3 is 5.97 Å². The van der Waals surface area contributed by atoms with E-state index in [0.29, 0.717) is 25.9 Å². The van der Waals surface area contributed by atoms with Gasteiger partial charge in [0.05, 0.1) is 6.54 Å². The summed E-state index contributed by atoms with van der Waals surface area (Å²) in [5.41, 5.74) is 1.87. The number of rotatable bonds is 9. The zero-order valence-electron chi connectivity index (χ0n) is 12.3. The van der Waals surface area contributed by atoms with Gasteiger partial charge in [-0.3, -0.25) is 14.5 Å². The number of hydrogen-bond donors (Lipinski definition) is 2. The van der Waals surface area contributed by atoms with Crippen LogP contribution >= 0.6 is 0 Å². The number of benzene rings is 1. The number of carboxylic acid groups (broad SMARTS) is 1. The molecule has 0 aromatic heterocycles. The van der Waals surface area contributed by atoms with E-state index in [0.717, 1.165) is 11.3 Å². The first-order valence-electron chi connectivity index (χ1n) is 6.93. The molecule has 1 amide bonds. The molecule has 0 aliphatic heterocycles. The number of carbonyl (C=O) groups excluding carboxylic acids is 1. The van der Waals surface area contributed by atoms with Crippen LogP contribution < -0.4 is 5.32 Å². The molecule has 0 unspecified atom stereocenters. The van der Waals surface area contributed by atoms with Gasteiger partial charge in [-0.25, -0.2) is 0 Å². The molecule has 0 heterocycles. The number of carbonyl (C=O) groups is 2. The lowest BCUT2D eigenvalue weighted by Crippen LogP contribution is -2.31. The van der Waals surface area contributed by atoms with Crippen LogP contribution in [0.2, 0.25) is 0 Å². The lowest BCUT2D eigenvalue weighted by atomic mass is 10.2. The molecule has 0 fully saturated rings. The Bertz CT molecular complexity index is 500. The molecule has 0 aliphatic carbocycles. The van der Waals surface area contributed by atoms with Gasteiger partial charge in [0.25, 0.3) is 0 Å². The lowest BCUT2D eigenvalue weighted by Gasteiger charge is -2.17. The van der Waals surface area contributed by atoms with Crippen LogP contribution in [-0.4, -0.2) is 41.5 Å². The summed E-state index contributed by atoms with van der Waals surface area (Å²) in [6.07, 6.45) is 2.63. The van der Waals surface area contributed by atoms with E-state index in [1.54, 1.807) is 11.0 Å². The second-order valence-electron chi connectivity index (χ2n) is 4.94. The highest BCUT2D eigenvalue weighted by atomic mass is 16.4. The average Bonchev–Trinajstić information content (AvgIpc) is 2.38. The van der Waals surface area contributed by atoms with E-state index in [2.05, 4.69) is 11.9 Å². The summed E-state index contributed by atoms with van der Waals surface area (Å²) in [5.74, 6) is -0.935. The van der Waals surface area contributed by atoms with Crippen LogP contribution in [-0.2, 0) is 9.59 Å². The maximum atomic E-state index is 11.8. The minimum absolute atomic E-state index is 0.0362. The van der Waals surface area contributed by atoms with Gasteiger partial charge in [0.15, 0.2) is 0 Å². The monoisotopic (exact) mass is 290 g/mol. The highest BCUT2D eigenvalue weighted by Crippen LogP contribution is 2.10. The van der Waals surface area contributed by atoms with E-state index in [-0.39, 0.29) is 12.5 Å². The molecule has 0 saturated heterocycles. The second kappa shape index (κ2) is 8.92. The molecule has 5 nitrogen and oxygen atoms in total. The van der Waals surface area contributed by atoms with E-state index in [1.807, 2.05) is 31.2 Å². The SMILES string of the molecule is C=CCN(CCCC(=O)Nc1cccc(C)c1)CC(=O)O. The Morgan fingerprint density at radius 3 is 2.81 bits per heavy atom. The first-order valence-corrected chi connectivity index (χ1v) is 6.93. The van der Waals surface area contributed by atoms with Crippen LogP contribution in [0.4, 0.5) is 5.69 Å². The van der Waals surface area contributed by atoms with Crippen molar-refractivity contribution in [3.05, 3.63) is 42.5 Å². The summed E-state index contributed by atoms with van der Waals surface area (Å²) >= 11 is 0. The topological polar surface area (TPSA) is 69.6 Å². The molecule has 0 atom stereocenters. The Morgan fingerprint density at radius 2 is 2.19 bits per heavy atom. The zero-order chi connectivity index (χ0) is 15.7. The number of nitrogens with one attached hydrogen (secondary N) is 1. The molecule has 114 valence electrons. The molecule has 1 aromatic carbocycles. The molecule has 5 heteroatoms. The van der Waals surface area contributed by atoms with Gasteiger partial charge in [-0.05, 0) is 37.6 Å². The van der Waals surface area contributed by atoms with Crippen molar-refractivity contribution in [3.8, 4) is 0 Å². The van der Waals surface area contributed by atoms with Crippen LogP contribution in [0.1, 0.15) is 18.4 Å². The highest BCUT2D eigenvalue weighted by molar-refractivity contribution is 5.90. The third kappa shape index (κ3) is 7.27. The Kier molecular flexibility index (Phi) is 7.18. The van der Waals surface area contributed by atoms with E-state index in [1.165, 1.54) is 0 Å². The summed E-state index contributed by atoms with van der Waals surface area (Å²) in [5, 5.41) is 11.6. The minimum Gasteiger partial charge on any atom is -0.480 e. The van der Waals surface area contributed by atoms with Crippen molar-refractivity contribution in [2.24, 2.45) is 0 Å². The zero-order valence-corrected chi connectivity index (χ0v) is 12.3. The number of aryl methyl sites for hydroxylation is 1. The number of hydrogen-bond acceptors (Lipinski definition) is 3. The molecule has 0 aliphatic rings. The van der Waals surface area contributed by atoms with Crippen molar-refractivity contribution >= 4 is 17.6 Å². The molecule has 1 rings (SSSR count). The van der Waals surface area contributed by atoms with E-state index in [9.17, 15) is 9.59 Å². The molecule has 0 saturated carbocycles. The van der Waals surface area contributed by atoms with Gasteiger partial charge in [0, 0.05) is 18.7 Å². The molecular weight excluding hydrogens is 268 g/mol. The van der Waals surface area contributed by atoms with E-state index in [4.69, 9.17) is 5.11 Å². The molecule has 0 bridgehead atoms. The molecular formula is C16H22N2O3. The third-order valence-corrected chi connectivity index (χ3v) is 2.93. The summed E-state index contributed by atoms with van der Waals surface area (Å²) in [4.78, 5) is 24.3. The fourth-order valence-corrected chi connectivity index (χ4v) is 2.02. The molecule has 0 radical (unpaired) electrons. The Hall–Kier alpha value is -2.14. The Labute approximate surface area is 125 Å². The van der Waals surface area contributed by atoms with Crippen LogP contribution in [0, 0.1) is 6.92 Å². The quantitative estimate of drug-likeness (QED) is 0.685. The van der Waals surface area contributed by atoms with Crippen molar-refractivity contribution in [1.29, 1.82) is 0 Å². The Morgan fingerprint density at radius 1 is 1.43 bits per heavy atom. The van der Waals surface area contributed by atoms with Gasteiger partial charge in [0.2, 0.25) is 5.91 Å². The molecule has 0 spiro atoms. The summed E-state index contributed by atoms with van der Waals surface area (Å²) < 4.78 is 0. The fourth-order valence-electron chi connectivity index (χ4n) is 2.02. The number of aliphatic carboxylic acids is 1. The summed E-state index contributed by atoms with van der Waals surface area (Å²) in [6, 6.07) is 7.62. The third-order valence-electron chi connectivity index (χ3n) is 2.93. The largest absolute Gasteiger partial charge is 0.480 e. The van der Waals surface area contributed by atoms with Crippen molar-refractivity contribution in [2.75, 3.05) is 25.0 Å². The van der Waals surface area contributed by atoms with Gasteiger partial charge in [-0.1, -0.05) is 18.2 Å². The van der Waals surface area contributed by atoms with Crippen molar-refractivity contribution in [1.82, 2.24) is 4.90 Å². The average molecular weight is 290 g/mol. The van der Waals surface area contributed by atoms with Crippen LogP contribution in [0.15, 0.2) is 36.9 Å². The van der Waals surface area contributed by atoms with Crippen LogP contribution in [0.25, 0.3) is 0 Å². The van der Waals surface area contributed by atoms with Crippen LogP contribution in [0.5, 0.6) is 0 Å². The normalized spacial score (nSPS) is 10.4.